The third-order valence-electron chi connectivity index (χ3n) is 4.81. The van der Waals surface area contributed by atoms with E-state index < -0.39 is 0 Å². The molecule has 0 N–H and O–H groups in total. The second kappa shape index (κ2) is 8.70. The van der Waals surface area contributed by atoms with Gasteiger partial charge in [-0.25, -0.2) is 4.79 Å². The molecule has 1 heterocycles. The lowest BCUT2D eigenvalue weighted by atomic mass is 10.1. The third-order valence-corrected chi connectivity index (χ3v) is 4.81. The predicted octanol–water partition coefficient (Wildman–Crippen LogP) is 5.56. The van der Waals surface area contributed by atoms with Crippen molar-refractivity contribution < 1.29 is 19.0 Å². The molecule has 0 spiro atoms. The van der Waals surface area contributed by atoms with Gasteiger partial charge in [0.25, 0.3) is 0 Å². The molecular formula is C26H22O4. The number of rotatable bonds is 6. The Labute approximate surface area is 176 Å². The molecule has 0 fully saturated rings. The summed E-state index contributed by atoms with van der Waals surface area (Å²) in [5.74, 6) is 1.44. The van der Waals surface area contributed by atoms with Crippen molar-refractivity contribution in [2.75, 3.05) is 7.11 Å². The van der Waals surface area contributed by atoms with Crippen LogP contribution in [0.3, 0.4) is 0 Å². The Balaban J connectivity index is 1.54. The van der Waals surface area contributed by atoms with Crippen LogP contribution in [0.15, 0.2) is 84.4 Å². The zero-order valence-corrected chi connectivity index (χ0v) is 16.9. The molecule has 4 rings (SSSR count). The number of carbonyl (C=O) groups excluding carboxylic acids is 1. The van der Waals surface area contributed by atoms with Crippen LogP contribution in [0.25, 0.3) is 11.8 Å². The number of carbonyl (C=O) groups is 1. The third kappa shape index (κ3) is 4.44. The highest BCUT2D eigenvalue weighted by atomic mass is 16.5. The van der Waals surface area contributed by atoms with Gasteiger partial charge in [0.2, 0.25) is 0 Å². The molecule has 4 heteroatoms. The molecule has 150 valence electrons. The Morgan fingerprint density at radius 1 is 0.933 bits per heavy atom. The van der Waals surface area contributed by atoms with Gasteiger partial charge in [-0.2, -0.15) is 0 Å². The highest BCUT2D eigenvalue weighted by molar-refractivity contribution is 6.05. The van der Waals surface area contributed by atoms with Crippen molar-refractivity contribution in [3.8, 4) is 11.5 Å². The molecule has 0 amide bonds. The summed E-state index contributed by atoms with van der Waals surface area (Å²) in [5.41, 5.74) is 4.42. The van der Waals surface area contributed by atoms with E-state index in [2.05, 4.69) is 0 Å². The van der Waals surface area contributed by atoms with Crippen LogP contribution in [0, 0.1) is 6.92 Å². The summed E-state index contributed by atoms with van der Waals surface area (Å²) in [5, 5.41) is 0. The van der Waals surface area contributed by atoms with Crippen molar-refractivity contribution in [2.45, 2.75) is 13.5 Å². The van der Waals surface area contributed by atoms with Crippen LogP contribution < -0.4 is 9.47 Å². The number of aryl methyl sites for hydroxylation is 1. The van der Waals surface area contributed by atoms with Gasteiger partial charge in [-0.15, -0.1) is 0 Å². The molecular weight excluding hydrogens is 376 g/mol. The summed E-state index contributed by atoms with van der Waals surface area (Å²) < 4.78 is 16.8. The summed E-state index contributed by atoms with van der Waals surface area (Å²) in [7, 11) is 1.60. The molecule has 0 bridgehead atoms. The van der Waals surface area contributed by atoms with Crippen LogP contribution >= 0.6 is 0 Å². The van der Waals surface area contributed by atoms with Crippen molar-refractivity contribution in [3.63, 3.8) is 0 Å². The molecule has 0 saturated heterocycles. The molecule has 3 aromatic rings. The molecule has 0 saturated carbocycles. The van der Waals surface area contributed by atoms with Gasteiger partial charge >= 0.3 is 5.97 Å². The van der Waals surface area contributed by atoms with E-state index in [-0.39, 0.29) is 5.97 Å². The van der Waals surface area contributed by atoms with Gasteiger partial charge in [-0.1, -0.05) is 66.2 Å². The minimum absolute atomic E-state index is 0.367. The Morgan fingerprint density at radius 2 is 1.70 bits per heavy atom. The summed E-state index contributed by atoms with van der Waals surface area (Å²) in [6, 6.07) is 23.4. The van der Waals surface area contributed by atoms with E-state index >= 15 is 0 Å². The highest BCUT2D eigenvalue weighted by Crippen LogP contribution is 2.32. The van der Waals surface area contributed by atoms with Gasteiger partial charge in [0, 0.05) is 5.56 Å². The molecule has 0 aliphatic carbocycles. The van der Waals surface area contributed by atoms with Gasteiger partial charge in [0.1, 0.15) is 12.4 Å². The zero-order valence-electron chi connectivity index (χ0n) is 16.9. The van der Waals surface area contributed by atoms with Crippen LogP contribution in [0.1, 0.15) is 22.3 Å². The van der Waals surface area contributed by atoms with Crippen LogP contribution in [-0.4, -0.2) is 13.1 Å². The first kappa shape index (κ1) is 19.5. The Kier molecular flexibility index (Phi) is 5.66. The van der Waals surface area contributed by atoms with E-state index in [1.165, 1.54) is 0 Å². The minimum Gasteiger partial charge on any atom is -0.493 e. The van der Waals surface area contributed by atoms with E-state index in [1.807, 2.05) is 79.7 Å². The average Bonchev–Trinajstić information content (AvgIpc) is 3.14. The molecule has 0 unspecified atom stereocenters. The van der Waals surface area contributed by atoms with Crippen molar-refractivity contribution in [1.29, 1.82) is 0 Å². The van der Waals surface area contributed by atoms with E-state index in [0.29, 0.717) is 29.4 Å². The summed E-state index contributed by atoms with van der Waals surface area (Å²) in [4.78, 5) is 12.3. The fraction of sp³-hybridized carbons (Fsp3) is 0.115. The monoisotopic (exact) mass is 398 g/mol. The maximum Gasteiger partial charge on any atom is 0.343 e. The lowest BCUT2D eigenvalue weighted by Crippen LogP contribution is -1.99. The van der Waals surface area contributed by atoms with Gasteiger partial charge < -0.3 is 14.2 Å². The Morgan fingerprint density at radius 3 is 2.43 bits per heavy atom. The van der Waals surface area contributed by atoms with Crippen LogP contribution in [0.2, 0.25) is 0 Å². The van der Waals surface area contributed by atoms with Crippen molar-refractivity contribution >= 4 is 17.8 Å². The fourth-order valence-electron chi connectivity index (χ4n) is 3.16. The molecule has 0 aromatic heterocycles. The normalized spacial score (nSPS) is 14.4. The number of hydrogen-bond acceptors (Lipinski definition) is 4. The van der Waals surface area contributed by atoms with E-state index in [1.54, 1.807) is 19.3 Å². The summed E-state index contributed by atoms with van der Waals surface area (Å²) in [6.45, 7) is 2.47. The first-order chi connectivity index (χ1) is 14.6. The smallest absolute Gasteiger partial charge is 0.343 e. The molecule has 1 aliphatic heterocycles. The minimum atomic E-state index is -0.367. The zero-order chi connectivity index (χ0) is 20.9. The standard InChI is InChI=1S/C26H22O4/c1-18-8-11-21(12-9-18)24-16-22(26(27)30-24)14-20-10-13-23(25(15-20)28-2)29-17-19-6-4-3-5-7-19/h3-16H,17H2,1-2H3. The maximum atomic E-state index is 12.3. The predicted molar refractivity (Wildman–Crippen MR) is 117 cm³/mol. The van der Waals surface area contributed by atoms with Gasteiger partial charge in [0.05, 0.1) is 12.7 Å². The van der Waals surface area contributed by atoms with E-state index in [0.717, 1.165) is 22.3 Å². The molecule has 0 atom stereocenters. The molecule has 1 aliphatic rings. The van der Waals surface area contributed by atoms with E-state index in [4.69, 9.17) is 14.2 Å². The maximum absolute atomic E-state index is 12.3. The second-order valence-corrected chi connectivity index (χ2v) is 7.05. The summed E-state index contributed by atoms with van der Waals surface area (Å²) >= 11 is 0. The lowest BCUT2D eigenvalue weighted by molar-refractivity contribution is -0.130. The number of cyclic esters (lactones) is 1. The average molecular weight is 398 g/mol. The Bertz CT molecular complexity index is 1110. The fourth-order valence-corrected chi connectivity index (χ4v) is 3.16. The molecule has 30 heavy (non-hydrogen) atoms. The largest absolute Gasteiger partial charge is 0.493 e. The molecule has 4 nitrogen and oxygen atoms in total. The quantitative estimate of drug-likeness (QED) is 0.403. The first-order valence-corrected chi connectivity index (χ1v) is 9.70. The van der Waals surface area contributed by atoms with Gasteiger partial charge in [-0.3, -0.25) is 0 Å². The second-order valence-electron chi connectivity index (χ2n) is 7.05. The highest BCUT2D eigenvalue weighted by Gasteiger charge is 2.22. The number of benzene rings is 3. The van der Waals surface area contributed by atoms with E-state index in [9.17, 15) is 4.79 Å². The SMILES string of the molecule is COc1cc(C=C2C=C(c3ccc(C)cc3)OC2=O)ccc1OCc1ccccc1. The molecule has 3 aromatic carbocycles. The number of methoxy groups -OCH3 is 1. The topological polar surface area (TPSA) is 44.8 Å². The van der Waals surface area contributed by atoms with Crippen LogP contribution in [0.4, 0.5) is 0 Å². The number of esters is 1. The summed E-state index contributed by atoms with van der Waals surface area (Å²) in [6.07, 6.45) is 3.55. The lowest BCUT2D eigenvalue weighted by Gasteiger charge is -2.11. The van der Waals surface area contributed by atoms with Crippen LogP contribution in [-0.2, 0) is 16.1 Å². The molecule has 0 radical (unpaired) electrons. The van der Waals surface area contributed by atoms with Crippen molar-refractivity contribution in [3.05, 3.63) is 107 Å². The van der Waals surface area contributed by atoms with Crippen LogP contribution in [0.5, 0.6) is 11.5 Å². The van der Waals surface area contributed by atoms with Gasteiger partial charge in [0.15, 0.2) is 11.5 Å². The van der Waals surface area contributed by atoms with Crippen molar-refractivity contribution in [2.24, 2.45) is 0 Å². The first-order valence-electron chi connectivity index (χ1n) is 9.70. The Hall–Kier alpha value is -3.79. The number of ether oxygens (including phenoxy) is 3. The van der Waals surface area contributed by atoms with Gasteiger partial charge in [-0.05, 0) is 42.3 Å². The number of hydrogen-bond donors (Lipinski definition) is 0. The van der Waals surface area contributed by atoms with Crippen molar-refractivity contribution in [1.82, 2.24) is 0 Å².